The molecule has 1 aliphatic heterocycles. The van der Waals surface area contributed by atoms with Gasteiger partial charge in [-0.3, -0.25) is 4.79 Å². The number of carbonyl (C=O) groups is 1. The lowest BCUT2D eigenvalue weighted by molar-refractivity contribution is 0.0717. The van der Waals surface area contributed by atoms with Gasteiger partial charge < -0.3 is 14.6 Å². The fourth-order valence-corrected chi connectivity index (χ4v) is 3.25. The minimum absolute atomic E-state index is 0.0410. The average Bonchev–Trinajstić information content (AvgIpc) is 3.15. The van der Waals surface area contributed by atoms with Gasteiger partial charge in [0.2, 0.25) is 0 Å². The summed E-state index contributed by atoms with van der Waals surface area (Å²) in [6.07, 6.45) is 4.83. The topological polar surface area (TPSA) is 71.3 Å². The standard InChI is InChI=1S/C22H32N4O2/c1-21(2,3)17-13-18(25-20(24-17)22(4,5)6)23-16-7-10-26(11-8-16)19(27)15-9-12-28-14-15/h9,12-14,16H,7-8,10-11H2,1-6H3,(H,23,24,25). The van der Waals surface area contributed by atoms with E-state index in [1.165, 1.54) is 12.5 Å². The summed E-state index contributed by atoms with van der Waals surface area (Å²) >= 11 is 0. The molecule has 1 amide bonds. The smallest absolute Gasteiger partial charge is 0.257 e. The van der Waals surface area contributed by atoms with Gasteiger partial charge in [-0.15, -0.1) is 0 Å². The van der Waals surface area contributed by atoms with E-state index >= 15 is 0 Å². The van der Waals surface area contributed by atoms with Gasteiger partial charge in [-0.1, -0.05) is 41.5 Å². The number of anilines is 1. The predicted molar refractivity (Wildman–Crippen MR) is 111 cm³/mol. The van der Waals surface area contributed by atoms with Gasteiger partial charge in [0, 0.05) is 36.0 Å². The van der Waals surface area contributed by atoms with Gasteiger partial charge in [0.05, 0.1) is 17.5 Å². The molecule has 1 N–H and O–H groups in total. The van der Waals surface area contributed by atoms with Crippen molar-refractivity contribution in [3.05, 3.63) is 41.7 Å². The second-order valence-electron chi connectivity index (χ2n) is 9.68. The molecule has 0 saturated carbocycles. The first-order chi connectivity index (χ1) is 13.0. The van der Waals surface area contributed by atoms with Crippen LogP contribution in [0.25, 0.3) is 0 Å². The van der Waals surface area contributed by atoms with Crippen molar-refractivity contribution < 1.29 is 9.21 Å². The number of furan rings is 1. The third-order valence-corrected chi connectivity index (χ3v) is 5.07. The van der Waals surface area contributed by atoms with Gasteiger partial charge in [0.15, 0.2) is 0 Å². The van der Waals surface area contributed by atoms with Crippen LogP contribution >= 0.6 is 0 Å². The Morgan fingerprint density at radius 2 is 1.79 bits per heavy atom. The molecule has 3 heterocycles. The van der Waals surface area contributed by atoms with Crippen LogP contribution in [0.1, 0.15) is 76.3 Å². The maximum Gasteiger partial charge on any atom is 0.257 e. The predicted octanol–water partition coefficient (Wildman–Crippen LogP) is 4.38. The number of nitrogens with one attached hydrogen (secondary N) is 1. The summed E-state index contributed by atoms with van der Waals surface area (Å²) < 4.78 is 5.03. The highest BCUT2D eigenvalue weighted by molar-refractivity contribution is 5.93. The number of rotatable bonds is 3. The van der Waals surface area contributed by atoms with Crippen molar-refractivity contribution in [1.29, 1.82) is 0 Å². The summed E-state index contributed by atoms with van der Waals surface area (Å²) in [6, 6.07) is 4.08. The van der Waals surface area contributed by atoms with Crippen molar-refractivity contribution in [3.8, 4) is 0 Å². The molecule has 0 unspecified atom stereocenters. The van der Waals surface area contributed by atoms with E-state index in [1.54, 1.807) is 6.07 Å². The van der Waals surface area contributed by atoms with Crippen molar-refractivity contribution in [2.24, 2.45) is 0 Å². The fourth-order valence-electron chi connectivity index (χ4n) is 3.25. The van der Waals surface area contributed by atoms with Crippen LogP contribution in [0.4, 0.5) is 5.82 Å². The number of carbonyl (C=O) groups excluding carboxylic acids is 1. The summed E-state index contributed by atoms with van der Waals surface area (Å²) in [7, 11) is 0. The number of hydrogen-bond acceptors (Lipinski definition) is 5. The number of nitrogens with zero attached hydrogens (tertiary/aromatic N) is 3. The van der Waals surface area contributed by atoms with E-state index in [9.17, 15) is 4.79 Å². The van der Waals surface area contributed by atoms with Gasteiger partial charge in [-0.2, -0.15) is 0 Å². The summed E-state index contributed by atoms with van der Waals surface area (Å²) in [4.78, 5) is 24.0. The van der Waals surface area contributed by atoms with E-state index in [2.05, 4.69) is 52.9 Å². The molecule has 0 radical (unpaired) electrons. The lowest BCUT2D eigenvalue weighted by Crippen LogP contribution is -2.42. The molecule has 6 nitrogen and oxygen atoms in total. The minimum Gasteiger partial charge on any atom is -0.472 e. The van der Waals surface area contributed by atoms with Crippen LogP contribution in [-0.4, -0.2) is 39.9 Å². The zero-order valence-corrected chi connectivity index (χ0v) is 17.9. The maximum absolute atomic E-state index is 12.5. The molecular weight excluding hydrogens is 352 g/mol. The molecule has 6 heteroatoms. The zero-order valence-electron chi connectivity index (χ0n) is 17.9. The summed E-state index contributed by atoms with van der Waals surface area (Å²) in [5, 5.41) is 3.59. The number of amides is 1. The van der Waals surface area contributed by atoms with Gasteiger partial charge in [-0.25, -0.2) is 9.97 Å². The first-order valence-corrected chi connectivity index (χ1v) is 10.0. The highest BCUT2D eigenvalue weighted by Gasteiger charge is 2.27. The number of aromatic nitrogens is 2. The number of piperidine rings is 1. The van der Waals surface area contributed by atoms with Gasteiger partial charge >= 0.3 is 0 Å². The molecular formula is C22H32N4O2. The molecule has 0 bridgehead atoms. The summed E-state index contributed by atoms with van der Waals surface area (Å²) in [6.45, 7) is 14.4. The van der Waals surface area contributed by atoms with Crippen LogP contribution in [0.15, 0.2) is 29.1 Å². The molecule has 0 atom stereocenters. The summed E-state index contributed by atoms with van der Waals surface area (Å²) in [5.41, 5.74) is 1.51. The number of likely N-dealkylation sites (tertiary alicyclic amines) is 1. The molecule has 28 heavy (non-hydrogen) atoms. The third kappa shape index (κ3) is 4.72. The molecule has 152 valence electrons. The first-order valence-electron chi connectivity index (χ1n) is 10.0. The third-order valence-electron chi connectivity index (χ3n) is 5.07. The van der Waals surface area contributed by atoms with Crippen molar-refractivity contribution in [2.75, 3.05) is 18.4 Å². The van der Waals surface area contributed by atoms with Crippen LogP contribution in [0.5, 0.6) is 0 Å². The fraction of sp³-hybridized carbons (Fsp3) is 0.591. The van der Waals surface area contributed by atoms with Crippen molar-refractivity contribution >= 4 is 11.7 Å². The minimum atomic E-state index is -0.113. The Hall–Kier alpha value is -2.37. The Bertz CT molecular complexity index is 776. The first kappa shape index (κ1) is 20.4. The normalized spacial score (nSPS) is 16.3. The van der Waals surface area contributed by atoms with Crippen LogP contribution in [0, 0.1) is 0 Å². The van der Waals surface area contributed by atoms with E-state index in [4.69, 9.17) is 14.4 Å². The highest BCUT2D eigenvalue weighted by Crippen LogP contribution is 2.27. The molecule has 0 spiro atoms. The second kappa shape index (κ2) is 7.57. The second-order valence-corrected chi connectivity index (χ2v) is 9.68. The lowest BCUT2D eigenvalue weighted by Gasteiger charge is -2.33. The van der Waals surface area contributed by atoms with E-state index in [-0.39, 0.29) is 16.7 Å². The van der Waals surface area contributed by atoms with Crippen LogP contribution in [0.2, 0.25) is 0 Å². The molecule has 0 aliphatic carbocycles. The Kier molecular flexibility index (Phi) is 5.50. The Balaban J connectivity index is 1.70. The molecule has 1 saturated heterocycles. The monoisotopic (exact) mass is 384 g/mol. The number of hydrogen-bond donors (Lipinski definition) is 1. The van der Waals surface area contributed by atoms with Gasteiger partial charge in [0.1, 0.15) is 17.9 Å². The molecule has 0 aromatic carbocycles. The van der Waals surface area contributed by atoms with E-state index in [0.29, 0.717) is 11.6 Å². The van der Waals surface area contributed by atoms with Crippen molar-refractivity contribution in [3.63, 3.8) is 0 Å². The quantitative estimate of drug-likeness (QED) is 0.850. The molecule has 3 rings (SSSR count). The van der Waals surface area contributed by atoms with E-state index in [0.717, 1.165) is 43.3 Å². The van der Waals surface area contributed by atoms with Gasteiger partial charge in [0.25, 0.3) is 5.91 Å². The zero-order chi connectivity index (χ0) is 20.5. The molecule has 2 aromatic heterocycles. The molecule has 1 fully saturated rings. The van der Waals surface area contributed by atoms with E-state index < -0.39 is 0 Å². The van der Waals surface area contributed by atoms with Crippen molar-refractivity contribution in [2.45, 2.75) is 71.3 Å². The Labute approximate surface area is 167 Å². The Morgan fingerprint density at radius 3 is 2.32 bits per heavy atom. The van der Waals surface area contributed by atoms with Crippen LogP contribution in [0.3, 0.4) is 0 Å². The van der Waals surface area contributed by atoms with Gasteiger partial charge in [-0.05, 0) is 18.9 Å². The van der Waals surface area contributed by atoms with E-state index in [1.807, 2.05) is 4.90 Å². The Morgan fingerprint density at radius 1 is 1.11 bits per heavy atom. The molecule has 1 aliphatic rings. The SMILES string of the molecule is CC(C)(C)c1cc(NC2CCN(C(=O)c3ccoc3)CC2)nc(C(C)(C)C)n1. The van der Waals surface area contributed by atoms with Crippen LogP contribution < -0.4 is 5.32 Å². The van der Waals surface area contributed by atoms with Crippen LogP contribution in [-0.2, 0) is 10.8 Å². The van der Waals surface area contributed by atoms with Crippen molar-refractivity contribution in [1.82, 2.24) is 14.9 Å². The highest BCUT2D eigenvalue weighted by atomic mass is 16.3. The summed E-state index contributed by atoms with van der Waals surface area (Å²) in [5.74, 6) is 1.78. The average molecular weight is 385 g/mol. The lowest BCUT2D eigenvalue weighted by atomic mass is 9.90. The largest absolute Gasteiger partial charge is 0.472 e. The maximum atomic E-state index is 12.5. The molecule has 2 aromatic rings.